The number of carbonyl (C=O) groups is 2. The van der Waals surface area contributed by atoms with Gasteiger partial charge in [0.05, 0.1) is 6.61 Å². The van der Waals surface area contributed by atoms with Crippen molar-refractivity contribution in [3.05, 3.63) is 33.7 Å². The number of hydrogen-bond donors (Lipinski definition) is 1. The Kier molecular flexibility index (Phi) is 6.69. The lowest BCUT2D eigenvalue weighted by Crippen LogP contribution is -2.53. The van der Waals surface area contributed by atoms with E-state index in [0.717, 1.165) is 19.6 Å². The first-order valence-electron chi connectivity index (χ1n) is 9.78. The molecule has 0 aliphatic carbocycles. The molecule has 0 saturated carbocycles. The summed E-state index contributed by atoms with van der Waals surface area (Å²) in [5, 5.41) is 4.62. The highest BCUT2D eigenvalue weighted by molar-refractivity contribution is 5.97. The fourth-order valence-electron chi connectivity index (χ4n) is 3.66. The van der Waals surface area contributed by atoms with Gasteiger partial charge in [0.2, 0.25) is 0 Å². The molecule has 0 unspecified atom stereocenters. The molecule has 2 aliphatic heterocycles. The highest BCUT2D eigenvalue weighted by atomic mass is 16.5. The van der Waals surface area contributed by atoms with Crippen LogP contribution in [0.3, 0.4) is 0 Å². The van der Waals surface area contributed by atoms with Crippen molar-refractivity contribution in [2.45, 2.75) is 19.3 Å². The van der Waals surface area contributed by atoms with E-state index in [4.69, 9.17) is 4.74 Å². The smallest absolute Gasteiger partial charge is 0.274 e. The molecule has 28 heavy (non-hydrogen) atoms. The van der Waals surface area contributed by atoms with Crippen molar-refractivity contribution in [3.63, 3.8) is 0 Å². The number of piperidine rings is 1. The van der Waals surface area contributed by atoms with Gasteiger partial charge in [-0.1, -0.05) is 6.42 Å². The highest BCUT2D eigenvalue weighted by Crippen LogP contribution is 2.12. The Morgan fingerprint density at radius 2 is 1.93 bits per heavy atom. The second-order valence-corrected chi connectivity index (χ2v) is 7.30. The van der Waals surface area contributed by atoms with Gasteiger partial charge in [0, 0.05) is 46.1 Å². The molecule has 1 saturated heterocycles. The van der Waals surface area contributed by atoms with Crippen molar-refractivity contribution >= 4 is 11.8 Å². The molecule has 9 heteroatoms. The Balaban J connectivity index is 1.68. The van der Waals surface area contributed by atoms with Crippen molar-refractivity contribution in [2.24, 2.45) is 0 Å². The second-order valence-electron chi connectivity index (χ2n) is 7.30. The topological polar surface area (TPSA) is 87.1 Å². The number of pyridine rings is 1. The van der Waals surface area contributed by atoms with Crippen molar-refractivity contribution < 1.29 is 14.3 Å². The van der Waals surface area contributed by atoms with Gasteiger partial charge in [0.25, 0.3) is 11.8 Å². The monoisotopic (exact) mass is 391 g/mol. The molecule has 3 heterocycles. The van der Waals surface area contributed by atoms with Crippen LogP contribution in [0.25, 0.3) is 0 Å². The van der Waals surface area contributed by atoms with E-state index in [2.05, 4.69) is 10.2 Å². The molecule has 1 aromatic heterocycles. The standard InChI is InChI=1S/C19H29N5O4/c1-21-14-23(10-11-28-2)19(27)16-12-17(25)15(13-24(16)21)18(26)20-6-9-22-7-4-3-5-8-22/h12-13H,3-11,14H2,1-2H3,(H,20,26). The minimum Gasteiger partial charge on any atom is -0.383 e. The second kappa shape index (κ2) is 9.20. The molecular weight excluding hydrogens is 362 g/mol. The van der Waals surface area contributed by atoms with Crippen LogP contribution in [0.15, 0.2) is 17.1 Å². The quantitative estimate of drug-likeness (QED) is 0.686. The summed E-state index contributed by atoms with van der Waals surface area (Å²) >= 11 is 0. The maximum absolute atomic E-state index is 12.6. The number of aromatic nitrogens is 1. The molecule has 0 aromatic carbocycles. The number of fused-ring (bicyclic) bond motifs is 1. The molecule has 3 rings (SSSR count). The third-order valence-electron chi connectivity index (χ3n) is 5.25. The van der Waals surface area contributed by atoms with E-state index in [1.54, 1.807) is 28.7 Å². The van der Waals surface area contributed by atoms with Gasteiger partial charge in [-0.15, -0.1) is 0 Å². The van der Waals surface area contributed by atoms with Crippen LogP contribution in [0.5, 0.6) is 0 Å². The number of amides is 2. The lowest BCUT2D eigenvalue weighted by atomic mass is 10.1. The predicted octanol–water partition coefficient (Wildman–Crippen LogP) is -0.308. The number of nitrogens with one attached hydrogen (secondary N) is 1. The third-order valence-corrected chi connectivity index (χ3v) is 5.25. The van der Waals surface area contributed by atoms with Crippen LogP contribution >= 0.6 is 0 Å². The van der Waals surface area contributed by atoms with Crippen LogP contribution in [0.2, 0.25) is 0 Å². The molecular formula is C19H29N5O4. The van der Waals surface area contributed by atoms with Gasteiger partial charge in [-0.05, 0) is 25.9 Å². The summed E-state index contributed by atoms with van der Waals surface area (Å²) in [6, 6.07) is 1.25. The minimum absolute atomic E-state index is 0.0485. The van der Waals surface area contributed by atoms with Gasteiger partial charge >= 0.3 is 0 Å². The van der Waals surface area contributed by atoms with Crippen molar-refractivity contribution in [2.75, 3.05) is 65.2 Å². The Bertz CT molecular complexity index is 772. The molecule has 1 N–H and O–H groups in total. The maximum atomic E-state index is 12.6. The molecule has 1 aromatic rings. The summed E-state index contributed by atoms with van der Waals surface area (Å²) in [7, 11) is 3.38. The summed E-state index contributed by atoms with van der Waals surface area (Å²) in [6.07, 6.45) is 5.12. The van der Waals surface area contributed by atoms with E-state index in [9.17, 15) is 14.4 Å². The number of ether oxygens (including phenoxy) is 1. The Morgan fingerprint density at radius 1 is 1.18 bits per heavy atom. The van der Waals surface area contributed by atoms with Gasteiger partial charge in [0.1, 0.15) is 17.9 Å². The Labute approximate surface area is 164 Å². The fraction of sp³-hybridized carbons (Fsp3) is 0.632. The van der Waals surface area contributed by atoms with Crippen LogP contribution in [-0.2, 0) is 4.74 Å². The third kappa shape index (κ3) is 4.53. The van der Waals surface area contributed by atoms with Crippen molar-refractivity contribution in [1.82, 2.24) is 19.8 Å². The summed E-state index contributed by atoms with van der Waals surface area (Å²) in [5.41, 5.74) is -0.149. The van der Waals surface area contributed by atoms with Gasteiger partial charge in [-0.25, -0.2) is 0 Å². The van der Waals surface area contributed by atoms with E-state index in [0.29, 0.717) is 26.4 Å². The number of rotatable bonds is 7. The zero-order chi connectivity index (χ0) is 20.1. The van der Waals surface area contributed by atoms with Crippen LogP contribution in [-0.4, -0.2) is 86.4 Å². The largest absolute Gasteiger partial charge is 0.383 e. The van der Waals surface area contributed by atoms with Crippen LogP contribution in [0.1, 0.15) is 40.1 Å². The Morgan fingerprint density at radius 3 is 2.64 bits per heavy atom. The number of likely N-dealkylation sites (tertiary alicyclic amines) is 1. The Hall–Kier alpha value is -2.39. The molecule has 1 fully saturated rings. The summed E-state index contributed by atoms with van der Waals surface area (Å²) in [5.74, 6) is -0.649. The normalized spacial score (nSPS) is 17.6. The first-order valence-corrected chi connectivity index (χ1v) is 9.78. The fourth-order valence-corrected chi connectivity index (χ4v) is 3.66. The molecule has 154 valence electrons. The number of hydrogen-bond acceptors (Lipinski definition) is 6. The summed E-state index contributed by atoms with van der Waals surface area (Å²) < 4.78 is 6.61. The minimum atomic E-state index is -0.447. The van der Waals surface area contributed by atoms with Crippen LogP contribution in [0, 0.1) is 0 Å². The van der Waals surface area contributed by atoms with E-state index >= 15 is 0 Å². The number of carbonyl (C=O) groups excluding carboxylic acids is 2. The molecule has 2 amide bonds. The molecule has 2 aliphatic rings. The molecule has 0 bridgehead atoms. The summed E-state index contributed by atoms with van der Waals surface area (Å²) in [4.78, 5) is 41.5. The first kappa shape index (κ1) is 20.3. The van der Waals surface area contributed by atoms with E-state index in [-0.39, 0.29) is 17.2 Å². The van der Waals surface area contributed by atoms with E-state index in [1.807, 2.05) is 0 Å². The van der Waals surface area contributed by atoms with Crippen LogP contribution in [0.4, 0.5) is 0 Å². The molecule has 0 radical (unpaired) electrons. The van der Waals surface area contributed by atoms with E-state index in [1.165, 1.54) is 31.5 Å². The first-order chi connectivity index (χ1) is 13.5. The highest BCUT2D eigenvalue weighted by Gasteiger charge is 2.28. The lowest BCUT2D eigenvalue weighted by Gasteiger charge is -2.37. The summed E-state index contributed by atoms with van der Waals surface area (Å²) in [6.45, 7) is 4.61. The zero-order valence-electron chi connectivity index (χ0n) is 16.6. The lowest BCUT2D eigenvalue weighted by molar-refractivity contribution is 0.0634. The maximum Gasteiger partial charge on any atom is 0.274 e. The molecule has 0 atom stereocenters. The van der Waals surface area contributed by atoms with Gasteiger partial charge in [-0.3, -0.25) is 24.1 Å². The number of methoxy groups -OCH3 is 1. The zero-order valence-corrected chi connectivity index (χ0v) is 16.6. The van der Waals surface area contributed by atoms with Gasteiger partial charge < -0.3 is 19.9 Å². The van der Waals surface area contributed by atoms with E-state index < -0.39 is 11.3 Å². The average Bonchev–Trinajstić information content (AvgIpc) is 2.70. The number of nitrogens with zero attached hydrogens (tertiary/aromatic N) is 4. The van der Waals surface area contributed by atoms with Crippen LogP contribution < -0.4 is 15.8 Å². The van der Waals surface area contributed by atoms with Crippen molar-refractivity contribution in [3.8, 4) is 0 Å². The molecule has 9 nitrogen and oxygen atoms in total. The average molecular weight is 391 g/mol. The van der Waals surface area contributed by atoms with Gasteiger partial charge in [0.15, 0.2) is 5.43 Å². The predicted molar refractivity (Wildman–Crippen MR) is 105 cm³/mol. The van der Waals surface area contributed by atoms with Gasteiger partial charge in [-0.2, -0.15) is 0 Å². The van der Waals surface area contributed by atoms with Crippen molar-refractivity contribution in [1.29, 1.82) is 0 Å². The molecule has 0 spiro atoms. The SMILES string of the molecule is COCCN1CN(C)n2cc(C(=O)NCCN3CCCCC3)c(=O)cc2C1=O.